The van der Waals surface area contributed by atoms with E-state index in [9.17, 15) is 9.90 Å². The van der Waals surface area contributed by atoms with E-state index in [0.29, 0.717) is 50.9 Å². The highest BCUT2D eigenvalue weighted by Gasteiger charge is 2.29. The van der Waals surface area contributed by atoms with Gasteiger partial charge in [0, 0.05) is 21.8 Å². The zero-order chi connectivity index (χ0) is 21.4. The molecule has 0 spiro atoms. The first-order chi connectivity index (χ1) is 14.4. The van der Waals surface area contributed by atoms with Crippen LogP contribution in [0.1, 0.15) is 18.2 Å². The number of aromatic nitrogens is 2. The smallest absolute Gasteiger partial charge is 0.280 e. The van der Waals surface area contributed by atoms with E-state index in [1.807, 2.05) is 0 Å². The van der Waals surface area contributed by atoms with E-state index < -0.39 is 0 Å². The largest absolute Gasteiger partial charge is 0.493 e. The number of carbonyl (C=O) groups excluding carboxylic acids is 1. The fourth-order valence-corrected chi connectivity index (χ4v) is 3.53. The third kappa shape index (κ3) is 3.62. The van der Waals surface area contributed by atoms with Crippen molar-refractivity contribution in [1.82, 2.24) is 9.78 Å². The lowest BCUT2D eigenvalue weighted by Crippen LogP contribution is -2.21. The Kier molecular flexibility index (Phi) is 5.42. The van der Waals surface area contributed by atoms with Crippen LogP contribution in [-0.4, -0.2) is 31.1 Å². The van der Waals surface area contributed by atoms with Crippen LogP contribution < -0.4 is 5.01 Å². The highest BCUT2D eigenvalue weighted by atomic mass is 32.2. The van der Waals surface area contributed by atoms with Crippen LogP contribution in [-0.2, 0) is 4.79 Å². The summed E-state index contributed by atoms with van der Waals surface area (Å²) in [7, 11) is 0. The number of hydrazone groups is 1. The van der Waals surface area contributed by atoms with Crippen LogP contribution in [0.5, 0.6) is 5.88 Å². The van der Waals surface area contributed by atoms with E-state index in [0.717, 1.165) is 4.90 Å². The number of benzene rings is 2. The standard InChI is InChI=1S/C21H18N4O3S2/c1-12-18(20(26)24(22-12)14-3-7-16(29)8-4-14)11-19-13(2)23-25(21(19)27)15-5-9-17(30-28)10-6-15/h3-11,27-29H,1-2H3/b18-11-. The lowest BCUT2D eigenvalue weighted by Gasteiger charge is -2.11. The van der Waals surface area contributed by atoms with Crippen LogP contribution in [0.2, 0.25) is 0 Å². The molecule has 2 heterocycles. The van der Waals surface area contributed by atoms with Gasteiger partial charge in [0.2, 0.25) is 5.88 Å². The number of thiol groups is 1. The first kappa shape index (κ1) is 20.3. The van der Waals surface area contributed by atoms with Crippen molar-refractivity contribution in [3.63, 3.8) is 0 Å². The summed E-state index contributed by atoms with van der Waals surface area (Å²) in [5.41, 5.74) is 3.22. The van der Waals surface area contributed by atoms with E-state index in [1.165, 1.54) is 9.69 Å². The first-order valence-corrected chi connectivity index (χ1v) is 10.2. The molecule has 0 fully saturated rings. The number of hydrogen-bond donors (Lipinski definition) is 3. The Hall–Kier alpha value is -3.01. The Morgan fingerprint density at radius 1 is 1.03 bits per heavy atom. The zero-order valence-corrected chi connectivity index (χ0v) is 17.9. The van der Waals surface area contributed by atoms with Gasteiger partial charge in [-0.05, 0) is 68.5 Å². The van der Waals surface area contributed by atoms with Gasteiger partial charge in [0.05, 0.1) is 33.9 Å². The lowest BCUT2D eigenvalue weighted by molar-refractivity contribution is -0.114. The molecular formula is C21H18N4O3S2. The molecular weight excluding hydrogens is 420 g/mol. The molecule has 0 saturated carbocycles. The van der Waals surface area contributed by atoms with Crippen LogP contribution in [0, 0.1) is 6.92 Å². The summed E-state index contributed by atoms with van der Waals surface area (Å²) < 4.78 is 10.5. The predicted octanol–water partition coefficient (Wildman–Crippen LogP) is 4.55. The maximum Gasteiger partial charge on any atom is 0.280 e. The minimum Gasteiger partial charge on any atom is -0.493 e. The summed E-state index contributed by atoms with van der Waals surface area (Å²) >= 11 is 4.91. The number of aromatic hydroxyl groups is 1. The van der Waals surface area contributed by atoms with Crippen molar-refractivity contribution < 1.29 is 14.5 Å². The highest BCUT2D eigenvalue weighted by molar-refractivity contribution is 7.93. The normalized spacial score (nSPS) is 15.2. The van der Waals surface area contributed by atoms with E-state index in [4.69, 9.17) is 4.55 Å². The number of rotatable bonds is 4. The molecule has 2 N–H and O–H groups in total. The predicted molar refractivity (Wildman–Crippen MR) is 121 cm³/mol. The molecule has 2 aromatic carbocycles. The first-order valence-electron chi connectivity index (χ1n) is 9.00. The van der Waals surface area contributed by atoms with Crippen LogP contribution in [0.4, 0.5) is 5.69 Å². The van der Waals surface area contributed by atoms with Crippen molar-refractivity contribution in [3.05, 3.63) is 65.4 Å². The summed E-state index contributed by atoms with van der Waals surface area (Å²) in [6.07, 6.45) is 1.61. The third-order valence-electron chi connectivity index (χ3n) is 4.71. The molecule has 0 bridgehead atoms. The molecule has 1 aliphatic heterocycles. The maximum atomic E-state index is 13.0. The van der Waals surface area contributed by atoms with Gasteiger partial charge < -0.3 is 9.66 Å². The average Bonchev–Trinajstić information content (AvgIpc) is 3.19. The molecule has 1 amide bonds. The Labute approximate surface area is 183 Å². The second-order valence-corrected chi connectivity index (χ2v) is 7.87. The van der Waals surface area contributed by atoms with Crippen LogP contribution >= 0.6 is 24.7 Å². The number of anilines is 1. The van der Waals surface area contributed by atoms with Gasteiger partial charge in [-0.3, -0.25) is 4.79 Å². The van der Waals surface area contributed by atoms with Gasteiger partial charge in [0.1, 0.15) is 0 Å². The van der Waals surface area contributed by atoms with Gasteiger partial charge in [0.15, 0.2) is 0 Å². The average molecular weight is 439 g/mol. The molecule has 0 saturated heterocycles. The maximum absolute atomic E-state index is 13.0. The van der Waals surface area contributed by atoms with Gasteiger partial charge in [0.25, 0.3) is 5.91 Å². The molecule has 4 rings (SSSR count). The molecule has 7 nitrogen and oxygen atoms in total. The number of aryl methyl sites for hydroxylation is 1. The SMILES string of the molecule is CC1=NN(c2ccc(S)cc2)C(=O)/C1=C\c1c(C)nn(-c2ccc(SO)cc2)c1O. The Morgan fingerprint density at radius 2 is 1.67 bits per heavy atom. The van der Waals surface area contributed by atoms with E-state index in [1.54, 1.807) is 68.5 Å². The van der Waals surface area contributed by atoms with Crippen molar-refractivity contribution in [1.29, 1.82) is 0 Å². The second-order valence-electron chi connectivity index (χ2n) is 6.70. The minimum absolute atomic E-state index is 0.0807. The Morgan fingerprint density at radius 3 is 2.30 bits per heavy atom. The summed E-state index contributed by atoms with van der Waals surface area (Å²) in [6.45, 7) is 3.51. The molecule has 0 radical (unpaired) electrons. The van der Waals surface area contributed by atoms with Crippen LogP contribution in [0.15, 0.2) is 69.0 Å². The van der Waals surface area contributed by atoms with Gasteiger partial charge in [-0.25, -0.2) is 4.68 Å². The minimum atomic E-state index is -0.282. The molecule has 9 heteroatoms. The molecule has 1 aromatic heterocycles. The summed E-state index contributed by atoms with van der Waals surface area (Å²) in [5, 5.41) is 20.9. The molecule has 0 unspecified atom stereocenters. The summed E-state index contributed by atoms with van der Waals surface area (Å²) in [5.74, 6) is -0.363. The van der Waals surface area contributed by atoms with Crippen molar-refractivity contribution in [3.8, 4) is 11.6 Å². The van der Waals surface area contributed by atoms with Gasteiger partial charge >= 0.3 is 0 Å². The number of hydrogen-bond acceptors (Lipinski definition) is 7. The van der Waals surface area contributed by atoms with E-state index in [2.05, 4.69) is 22.8 Å². The molecule has 0 atom stereocenters. The number of nitrogens with zero attached hydrogens (tertiary/aromatic N) is 4. The fraction of sp³-hybridized carbons (Fsp3) is 0.0952. The molecule has 30 heavy (non-hydrogen) atoms. The van der Waals surface area contributed by atoms with Crippen molar-refractivity contribution in [2.45, 2.75) is 23.6 Å². The van der Waals surface area contributed by atoms with Crippen molar-refractivity contribution in [2.24, 2.45) is 5.10 Å². The molecule has 3 aromatic rings. The Balaban J connectivity index is 1.69. The zero-order valence-electron chi connectivity index (χ0n) is 16.1. The summed E-state index contributed by atoms with van der Waals surface area (Å²) in [6, 6.07) is 14.0. The van der Waals surface area contributed by atoms with Gasteiger partial charge in [-0.15, -0.1) is 12.6 Å². The third-order valence-corrected chi connectivity index (χ3v) is 5.49. The molecule has 0 aliphatic carbocycles. The van der Waals surface area contributed by atoms with E-state index >= 15 is 0 Å². The summed E-state index contributed by atoms with van der Waals surface area (Å²) in [4.78, 5) is 14.4. The topological polar surface area (TPSA) is 91.0 Å². The quantitative estimate of drug-likeness (QED) is 0.316. The Bertz CT molecular complexity index is 1180. The number of carbonyl (C=O) groups is 1. The van der Waals surface area contributed by atoms with Crippen molar-refractivity contribution >= 4 is 48.1 Å². The van der Waals surface area contributed by atoms with Crippen molar-refractivity contribution in [2.75, 3.05) is 5.01 Å². The molecule has 152 valence electrons. The van der Waals surface area contributed by atoms with E-state index in [-0.39, 0.29) is 11.8 Å². The van der Waals surface area contributed by atoms with Crippen LogP contribution in [0.3, 0.4) is 0 Å². The van der Waals surface area contributed by atoms with Gasteiger partial charge in [-0.2, -0.15) is 15.2 Å². The van der Waals surface area contributed by atoms with Crippen LogP contribution in [0.25, 0.3) is 11.8 Å². The monoisotopic (exact) mass is 438 g/mol. The number of amides is 1. The highest BCUT2D eigenvalue weighted by Crippen LogP contribution is 2.31. The second kappa shape index (κ2) is 8.02. The fourth-order valence-electron chi connectivity index (χ4n) is 3.12. The molecule has 1 aliphatic rings. The lowest BCUT2D eigenvalue weighted by atomic mass is 10.1. The van der Waals surface area contributed by atoms with Gasteiger partial charge in [-0.1, -0.05) is 0 Å².